The zero-order valence-electron chi connectivity index (χ0n) is 27.6. The highest BCUT2D eigenvalue weighted by Gasteiger charge is 2.43. The van der Waals surface area contributed by atoms with Crippen LogP contribution in [-0.4, -0.2) is 59.5 Å². The summed E-state index contributed by atoms with van der Waals surface area (Å²) < 4.78 is 54.8. The standard InChI is InChI=1S/C37H44F4N4O2/c1-23-9-6-13-31(38)32(23)35(47)45-19-8-12-30(34(46)43-28-11-7-10-26(21-28)36(3,4)5)33(45)25-14-16-27(17-15-25)42-29-18-20-44(22-29)24(2)37(39,40)41/h6-7,9-11,13-17,21,24,29-30,33,42H,8,12,18-20,22H2,1-5H3,(H,43,46). The van der Waals surface area contributed by atoms with Gasteiger partial charge in [0.25, 0.3) is 5.91 Å². The number of amides is 2. The Balaban J connectivity index is 1.41. The Kier molecular flexibility index (Phi) is 10.0. The first-order valence-corrected chi connectivity index (χ1v) is 16.3. The van der Waals surface area contributed by atoms with E-state index >= 15 is 4.39 Å². The van der Waals surface area contributed by atoms with Gasteiger partial charge in [-0.2, -0.15) is 13.2 Å². The van der Waals surface area contributed by atoms with E-state index in [1.165, 1.54) is 17.9 Å². The number of halogens is 4. The molecule has 2 amide bonds. The van der Waals surface area contributed by atoms with E-state index in [-0.39, 0.29) is 29.5 Å². The van der Waals surface area contributed by atoms with Crippen LogP contribution in [0, 0.1) is 18.7 Å². The molecule has 2 saturated heterocycles. The quantitative estimate of drug-likeness (QED) is 0.253. The van der Waals surface area contributed by atoms with Crippen LogP contribution in [-0.2, 0) is 10.2 Å². The zero-order valence-corrected chi connectivity index (χ0v) is 27.6. The molecule has 2 aliphatic heterocycles. The summed E-state index contributed by atoms with van der Waals surface area (Å²) in [6.45, 7) is 10.2. The number of aryl methyl sites for hydroxylation is 1. The van der Waals surface area contributed by atoms with Gasteiger partial charge in [-0.25, -0.2) is 4.39 Å². The lowest BCUT2D eigenvalue weighted by Crippen LogP contribution is -2.46. The highest BCUT2D eigenvalue weighted by molar-refractivity contribution is 5.98. The van der Waals surface area contributed by atoms with Gasteiger partial charge in [0, 0.05) is 37.1 Å². The molecule has 3 aromatic carbocycles. The smallest absolute Gasteiger partial charge is 0.381 e. The minimum absolute atomic E-state index is 0.00593. The lowest BCUT2D eigenvalue weighted by Gasteiger charge is -2.41. The van der Waals surface area contributed by atoms with Crippen LogP contribution >= 0.6 is 0 Å². The molecule has 0 spiro atoms. The Morgan fingerprint density at radius 2 is 1.62 bits per heavy atom. The third kappa shape index (κ3) is 7.80. The monoisotopic (exact) mass is 652 g/mol. The fraction of sp³-hybridized carbons (Fsp3) is 0.459. The molecular formula is C37H44F4N4O2. The first kappa shape index (κ1) is 34.4. The van der Waals surface area contributed by atoms with Gasteiger partial charge in [-0.15, -0.1) is 0 Å². The molecule has 3 aromatic rings. The molecule has 0 radical (unpaired) electrons. The molecule has 6 nitrogen and oxygen atoms in total. The third-order valence-electron chi connectivity index (χ3n) is 9.52. The molecule has 47 heavy (non-hydrogen) atoms. The fourth-order valence-corrected chi connectivity index (χ4v) is 6.73. The maximum absolute atomic E-state index is 15.1. The predicted octanol–water partition coefficient (Wildman–Crippen LogP) is 8.10. The summed E-state index contributed by atoms with van der Waals surface area (Å²) in [5, 5.41) is 6.43. The Morgan fingerprint density at radius 3 is 2.28 bits per heavy atom. The van der Waals surface area contributed by atoms with Crippen LogP contribution in [0.15, 0.2) is 66.7 Å². The average Bonchev–Trinajstić information content (AvgIpc) is 3.48. The van der Waals surface area contributed by atoms with Crippen molar-refractivity contribution in [1.29, 1.82) is 0 Å². The number of carbonyl (C=O) groups excluding carboxylic acids is 2. The van der Waals surface area contributed by atoms with E-state index in [0.29, 0.717) is 43.6 Å². The van der Waals surface area contributed by atoms with Crippen LogP contribution < -0.4 is 10.6 Å². The Bertz CT molecular complexity index is 1560. The summed E-state index contributed by atoms with van der Waals surface area (Å²) in [6, 6.07) is 17.3. The summed E-state index contributed by atoms with van der Waals surface area (Å²) in [6.07, 6.45) is -2.60. The van der Waals surface area contributed by atoms with Crippen LogP contribution in [0.2, 0.25) is 0 Å². The van der Waals surface area contributed by atoms with Crippen LogP contribution in [0.3, 0.4) is 0 Å². The number of carbonyl (C=O) groups is 2. The van der Waals surface area contributed by atoms with Gasteiger partial charge < -0.3 is 15.5 Å². The molecule has 252 valence electrons. The molecular weight excluding hydrogens is 608 g/mol. The number of hydrogen-bond acceptors (Lipinski definition) is 4. The van der Waals surface area contributed by atoms with Gasteiger partial charge in [-0.05, 0) is 85.5 Å². The number of nitrogens with zero attached hydrogens (tertiary/aromatic N) is 2. The van der Waals surface area contributed by atoms with Crippen molar-refractivity contribution >= 4 is 23.2 Å². The Morgan fingerprint density at radius 1 is 0.915 bits per heavy atom. The van der Waals surface area contributed by atoms with Gasteiger partial charge in [0.2, 0.25) is 5.91 Å². The molecule has 2 aliphatic rings. The average molecular weight is 653 g/mol. The highest BCUT2D eigenvalue weighted by Crippen LogP contribution is 2.39. The van der Waals surface area contributed by atoms with Crippen LogP contribution in [0.25, 0.3) is 0 Å². The summed E-state index contributed by atoms with van der Waals surface area (Å²) in [7, 11) is 0. The number of alkyl halides is 3. The minimum atomic E-state index is -4.28. The predicted molar refractivity (Wildman–Crippen MR) is 177 cm³/mol. The van der Waals surface area contributed by atoms with Gasteiger partial charge >= 0.3 is 6.18 Å². The van der Waals surface area contributed by atoms with Gasteiger partial charge in [0.15, 0.2) is 0 Å². The van der Waals surface area contributed by atoms with Gasteiger partial charge in [0.05, 0.1) is 17.5 Å². The molecule has 2 heterocycles. The number of anilines is 2. The summed E-state index contributed by atoms with van der Waals surface area (Å²) >= 11 is 0. The van der Waals surface area contributed by atoms with E-state index < -0.39 is 35.9 Å². The SMILES string of the molecule is Cc1cccc(F)c1C(=O)N1CCCC(C(=O)Nc2cccc(C(C)(C)C)c2)C1c1ccc(NC2CCN(C(C)C(F)(F)F)C2)cc1. The number of rotatable bonds is 7. The van der Waals surface area contributed by atoms with Gasteiger partial charge in [-0.1, -0.05) is 57.2 Å². The van der Waals surface area contributed by atoms with E-state index in [1.54, 1.807) is 24.0 Å². The number of likely N-dealkylation sites (tertiary alicyclic amines) is 2. The summed E-state index contributed by atoms with van der Waals surface area (Å²) in [4.78, 5) is 31.0. The van der Waals surface area contributed by atoms with Gasteiger partial charge in [-0.3, -0.25) is 14.5 Å². The first-order chi connectivity index (χ1) is 22.1. The van der Waals surface area contributed by atoms with E-state index in [9.17, 15) is 22.8 Å². The molecule has 0 bridgehead atoms. The molecule has 10 heteroatoms. The second-order valence-electron chi connectivity index (χ2n) is 13.9. The molecule has 0 saturated carbocycles. The van der Waals surface area contributed by atoms with Crippen LogP contribution in [0.4, 0.5) is 28.9 Å². The first-order valence-electron chi connectivity index (χ1n) is 16.3. The third-order valence-corrected chi connectivity index (χ3v) is 9.52. The number of benzene rings is 3. The molecule has 2 fully saturated rings. The van der Waals surface area contributed by atoms with Crippen LogP contribution in [0.5, 0.6) is 0 Å². The second-order valence-corrected chi connectivity index (χ2v) is 13.9. The molecule has 0 aliphatic carbocycles. The molecule has 2 N–H and O–H groups in total. The Hall–Kier alpha value is -3.92. The molecule has 5 rings (SSSR count). The number of piperidine rings is 1. The van der Waals surface area contributed by atoms with Crippen molar-refractivity contribution in [2.45, 2.75) is 83.6 Å². The van der Waals surface area contributed by atoms with E-state index in [4.69, 9.17) is 0 Å². The van der Waals surface area contributed by atoms with Crippen molar-refractivity contribution in [3.8, 4) is 0 Å². The maximum atomic E-state index is 15.1. The van der Waals surface area contributed by atoms with Crippen molar-refractivity contribution in [3.05, 3.63) is 94.8 Å². The molecule has 0 aromatic heterocycles. The largest absolute Gasteiger partial charge is 0.403 e. The van der Waals surface area contributed by atoms with Crippen molar-refractivity contribution < 1.29 is 27.2 Å². The van der Waals surface area contributed by atoms with Crippen molar-refractivity contribution in [3.63, 3.8) is 0 Å². The van der Waals surface area contributed by atoms with E-state index in [0.717, 1.165) is 16.8 Å². The fourth-order valence-electron chi connectivity index (χ4n) is 6.73. The molecule has 4 unspecified atom stereocenters. The highest BCUT2D eigenvalue weighted by atomic mass is 19.4. The lowest BCUT2D eigenvalue weighted by atomic mass is 9.83. The maximum Gasteiger partial charge on any atom is 0.403 e. The van der Waals surface area contributed by atoms with Crippen LogP contribution in [0.1, 0.15) is 80.0 Å². The van der Waals surface area contributed by atoms with Crippen molar-refractivity contribution in [2.24, 2.45) is 5.92 Å². The topological polar surface area (TPSA) is 64.7 Å². The minimum Gasteiger partial charge on any atom is -0.381 e. The lowest BCUT2D eigenvalue weighted by molar-refractivity contribution is -0.175. The number of hydrogen-bond donors (Lipinski definition) is 2. The number of nitrogens with one attached hydrogen (secondary N) is 2. The van der Waals surface area contributed by atoms with Gasteiger partial charge in [0.1, 0.15) is 11.9 Å². The normalized spacial score (nSPS) is 21.4. The van der Waals surface area contributed by atoms with E-state index in [2.05, 4.69) is 31.4 Å². The summed E-state index contributed by atoms with van der Waals surface area (Å²) in [5.74, 6) is -1.91. The van der Waals surface area contributed by atoms with Crippen molar-refractivity contribution in [2.75, 3.05) is 30.3 Å². The Labute approximate surface area is 274 Å². The second kappa shape index (κ2) is 13.7. The zero-order chi connectivity index (χ0) is 34.1. The summed E-state index contributed by atoms with van der Waals surface area (Å²) in [5.41, 5.74) is 3.60. The van der Waals surface area contributed by atoms with E-state index in [1.807, 2.05) is 48.5 Å². The molecule has 4 atom stereocenters. The van der Waals surface area contributed by atoms with Crippen molar-refractivity contribution in [1.82, 2.24) is 9.80 Å².